The summed E-state index contributed by atoms with van der Waals surface area (Å²) in [5.41, 5.74) is 3.32. The molecule has 0 aromatic heterocycles. The molecule has 19 heavy (non-hydrogen) atoms. The van der Waals surface area contributed by atoms with Gasteiger partial charge in [0, 0.05) is 44.0 Å². The van der Waals surface area contributed by atoms with Crippen LogP contribution in [0.2, 0.25) is 0 Å². The molecule has 3 heteroatoms. The zero-order valence-electron chi connectivity index (χ0n) is 11.8. The zero-order valence-corrected chi connectivity index (χ0v) is 11.8. The van der Waals surface area contributed by atoms with Crippen molar-refractivity contribution in [3.63, 3.8) is 0 Å². The Balaban J connectivity index is 1.61. The molecule has 2 saturated heterocycles. The Labute approximate surface area is 115 Å². The first kappa shape index (κ1) is 12.9. The summed E-state index contributed by atoms with van der Waals surface area (Å²) in [5, 5.41) is 3.39. The highest BCUT2D eigenvalue weighted by molar-refractivity contribution is 5.51. The Morgan fingerprint density at radius 1 is 1.26 bits per heavy atom. The molecular formula is C16H24N2O. The number of hydrogen-bond donors (Lipinski definition) is 1. The molecule has 1 spiro atoms. The molecule has 1 aromatic carbocycles. The summed E-state index contributed by atoms with van der Waals surface area (Å²) in [7, 11) is 0. The Morgan fingerprint density at radius 3 is 2.79 bits per heavy atom. The van der Waals surface area contributed by atoms with Crippen LogP contribution in [-0.2, 0) is 11.3 Å². The zero-order chi connectivity index (χ0) is 13.1. The van der Waals surface area contributed by atoms with Crippen LogP contribution in [0.15, 0.2) is 24.3 Å². The van der Waals surface area contributed by atoms with E-state index in [0.29, 0.717) is 5.41 Å². The van der Waals surface area contributed by atoms with Gasteiger partial charge in [-0.25, -0.2) is 0 Å². The number of nitrogens with one attached hydrogen (secondary N) is 1. The van der Waals surface area contributed by atoms with Crippen molar-refractivity contribution in [2.24, 2.45) is 5.41 Å². The number of nitrogens with zero attached hydrogens (tertiary/aromatic N) is 1. The molecule has 3 rings (SSSR count). The lowest BCUT2D eigenvalue weighted by Gasteiger charge is -2.53. The number of anilines is 1. The maximum Gasteiger partial charge on any atom is 0.0472 e. The molecule has 0 atom stereocenters. The van der Waals surface area contributed by atoms with E-state index >= 15 is 0 Å². The van der Waals surface area contributed by atoms with E-state index in [0.717, 1.165) is 26.3 Å². The molecule has 0 saturated carbocycles. The molecule has 1 aromatic rings. The first-order chi connectivity index (χ1) is 9.31. The van der Waals surface area contributed by atoms with Gasteiger partial charge in [0.15, 0.2) is 0 Å². The summed E-state index contributed by atoms with van der Waals surface area (Å²) >= 11 is 0. The third-order valence-electron chi connectivity index (χ3n) is 4.46. The minimum Gasteiger partial charge on any atom is -0.381 e. The Kier molecular flexibility index (Phi) is 3.76. The van der Waals surface area contributed by atoms with Gasteiger partial charge in [-0.15, -0.1) is 0 Å². The van der Waals surface area contributed by atoms with Gasteiger partial charge in [-0.3, -0.25) is 0 Å². The largest absolute Gasteiger partial charge is 0.381 e. The molecule has 2 fully saturated rings. The third-order valence-corrected chi connectivity index (χ3v) is 4.46. The Hall–Kier alpha value is -1.06. The van der Waals surface area contributed by atoms with Crippen LogP contribution >= 0.6 is 0 Å². The van der Waals surface area contributed by atoms with Gasteiger partial charge in [-0.05, 0) is 37.1 Å². The van der Waals surface area contributed by atoms with Gasteiger partial charge < -0.3 is 15.0 Å². The first-order valence-electron chi connectivity index (χ1n) is 7.44. The second-order valence-corrected chi connectivity index (χ2v) is 5.92. The fourth-order valence-corrected chi connectivity index (χ4v) is 3.20. The highest BCUT2D eigenvalue weighted by Crippen LogP contribution is 2.42. The summed E-state index contributed by atoms with van der Waals surface area (Å²) < 4.78 is 5.48. The lowest BCUT2D eigenvalue weighted by Crippen LogP contribution is -2.58. The summed E-state index contributed by atoms with van der Waals surface area (Å²) in [4.78, 5) is 2.51. The minimum atomic E-state index is 0.552. The summed E-state index contributed by atoms with van der Waals surface area (Å²) in [6.45, 7) is 8.47. The van der Waals surface area contributed by atoms with Crippen LogP contribution in [0, 0.1) is 5.41 Å². The van der Waals surface area contributed by atoms with Gasteiger partial charge >= 0.3 is 0 Å². The van der Waals surface area contributed by atoms with E-state index in [4.69, 9.17) is 4.74 Å². The average molecular weight is 260 g/mol. The molecule has 0 radical (unpaired) electrons. The lowest BCUT2D eigenvalue weighted by atomic mass is 9.73. The smallest absolute Gasteiger partial charge is 0.0472 e. The van der Waals surface area contributed by atoms with Crippen molar-refractivity contribution in [2.45, 2.75) is 26.3 Å². The second kappa shape index (κ2) is 5.51. The predicted octanol–water partition coefficient (Wildman–Crippen LogP) is 2.41. The van der Waals surface area contributed by atoms with Gasteiger partial charge in [0.1, 0.15) is 0 Å². The lowest BCUT2D eigenvalue weighted by molar-refractivity contribution is -0.000195. The third kappa shape index (κ3) is 2.77. The summed E-state index contributed by atoms with van der Waals surface area (Å²) in [6, 6.07) is 8.95. The summed E-state index contributed by atoms with van der Waals surface area (Å²) in [6.07, 6.45) is 2.47. The minimum absolute atomic E-state index is 0.552. The van der Waals surface area contributed by atoms with Crippen molar-refractivity contribution in [1.29, 1.82) is 0 Å². The predicted molar refractivity (Wildman–Crippen MR) is 78.5 cm³/mol. The number of rotatable bonds is 4. The monoisotopic (exact) mass is 260 g/mol. The topological polar surface area (TPSA) is 24.5 Å². The fraction of sp³-hybridized carbons (Fsp3) is 0.625. The maximum absolute atomic E-state index is 5.48. The molecule has 0 amide bonds. The van der Waals surface area contributed by atoms with E-state index < -0.39 is 0 Å². The quantitative estimate of drug-likeness (QED) is 0.900. The molecule has 0 unspecified atom stereocenters. The van der Waals surface area contributed by atoms with Crippen molar-refractivity contribution in [3.05, 3.63) is 29.8 Å². The van der Waals surface area contributed by atoms with Crippen LogP contribution in [0.3, 0.4) is 0 Å². The van der Waals surface area contributed by atoms with Crippen molar-refractivity contribution in [3.8, 4) is 0 Å². The van der Waals surface area contributed by atoms with Crippen LogP contribution in [-0.4, -0.2) is 32.8 Å². The normalized spacial score (nSPS) is 21.4. The SMILES string of the molecule is CCNCc1cccc(N2CC3(CCOCC3)C2)c1. The van der Waals surface area contributed by atoms with E-state index in [9.17, 15) is 0 Å². The van der Waals surface area contributed by atoms with Crippen LogP contribution in [0.5, 0.6) is 0 Å². The fourth-order valence-electron chi connectivity index (χ4n) is 3.20. The van der Waals surface area contributed by atoms with Crippen LogP contribution in [0.4, 0.5) is 5.69 Å². The van der Waals surface area contributed by atoms with E-state index in [-0.39, 0.29) is 0 Å². The standard InChI is InChI=1S/C16H24N2O/c1-2-17-11-14-4-3-5-15(10-14)18-12-16(13-18)6-8-19-9-7-16/h3-5,10,17H,2,6-9,11-13H2,1H3. The van der Waals surface area contributed by atoms with Crippen LogP contribution in [0.25, 0.3) is 0 Å². The molecular weight excluding hydrogens is 236 g/mol. The molecule has 1 N–H and O–H groups in total. The molecule has 0 aliphatic carbocycles. The van der Waals surface area contributed by atoms with Crippen molar-refractivity contribution >= 4 is 5.69 Å². The van der Waals surface area contributed by atoms with Gasteiger partial charge in [0.25, 0.3) is 0 Å². The molecule has 0 bridgehead atoms. The first-order valence-corrected chi connectivity index (χ1v) is 7.44. The number of ether oxygens (including phenoxy) is 1. The van der Waals surface area contributed by atoms with E-state index in [1.807, 2.05) is 0 Å². The van der Waals surface area contributed by atoms with Gasteiger partial charge in [-0.1, -0.05) is 19.1 Å². The highest BCUT2D eigenvalue weighted by Gasteiger charge is 2.43. The van der Waals surface area contributed by atoms with E-state index in [2.05, 4.69) is 41.4 Å². The average Bonchev–Trinajstić information content (AvgIpc) is 2.43. The van der Waals surface area contributed by atoms with E-state index in [1.54, 1.807) is 0 Å². The van der Waals surface area contributed by atoms with Gasteiger partial charge in [0.2, 0.25) is 0 Å². The highest BCUT2D eigenvalue weighted by atomic mass is 16.5. The molecule has 2 heterocycles. The van der Waals surface area contributed by atoms with Crippen molar-refractivity contribution < 1.29 is 4.74 Å². The molecule has 2 aliphatic rings. The van der Waals surface area contributed by atoms with Gasteiger partial charge in [0.05, 0.1) is 0 Å². The Morgan fingerprint density at radius 2 is 2.05 bits per heavy atom. The molecule has 104 valence electrons. The van der Waals surface area contributed by atoms with Crippen molar-refractivity contribution in [2.75, 3.05) is 37.7 Å². The molecule has 3 nitrogen and oxygen atoms in total. The second-order valence-electron chi connectivity index (χ2n) is 5.92. The van der Waals surface area contributed by atoms with Crippen molar-refractivity contribution in [1.82, 2.24) is 5.32 Å². The van der Waals surface area contributed by atoms with Crippen LogP contribution < -0.4 is 10.2 Å². The van der Waals surface area contributed by atoms with Crippen LogP contribution in [0.1, 0.15) is 25.3 Å². The van der Waals surface area contributed by atoms with E-state index in [1.165, 1.54) is 37.2 Å². The summed E-state index contributed by atoms with van der Waals surface area (Å²) in [5.74, 6) is 0. The van der Waals surface area contributed by atoms with Gasteiger partial charge in [-0.2, -0.15) is 0 Å². The number of benzene rings is 1. The Bertz CT molecular complexity index is 419. The maximum atomic E-state index is 5.48. The number of hydrogen-bond acceptors (Lipinski definition) is 3. The molecule has 2 aliphatic heterocycles.